The van der Waals surface area contributed by atoms with E-state index in [-0.39, 0.29) is 18.0 Å². The Morgan fingerprint density at radius 3 is 2.45 bits per heavy atom. The van der Waals surface area contributed by atoms with Gasteiger partial charge in [-0.2, -0.15) is 0 Å². The number of rotatable bonds is 6. The largest absolute Gasteiger partial charge is 0.391 e. The highest BCUT2D eigenvalue weighted by Crippen LogP contribution is 2.15. The molecular weight excluding hydrogens is 384 g/mol. The average Bonchev–Trinajstić information content (AvgIpc) is 2.66. The Morgan fingerprint density at radius 1 is 1.24 bits per heavy atom. The Morgan fingerprint density at radius 2 is 1.90 bits per heavy atom. The predicted molar refractivity (Wildman–Crippen MR) is 99.9 cm³/mol. The van der Waals surface area contributed by atoms with Crippen LogP contribution in [0.25, 0.3) is 0 Å². The maximum Gasteiger partial charge on any atom is 0.268 e. The van der Waals surface area contributed by atoms with Crippen LogP contribution >= 0.6 is 0 Å². The second-order valence-electron chi connectivity index (χ2n) is 6.57. The van der Waals surface area contributed by atoms with E-state index in [2.05, 4.69) is 29.0 Å². The quantitative estimate of drug-likeness (QED) is 0.308. The predicted octanol–water partition coefficient (Wildman–Crippen LogP) is 0.223. The third-order valence-corrected chi connectivity index (χ3v) is 4.21. The highest BCUT2D eigenvalue weighted by Gasteiger charge is 2.27. The molecule has 0 radical (unpaired) electrons. The minimum absolute atomic E-state index is 0.0482. The number of aliphatic hydroxyl groups is 1. The van der Waals surface area contributed by atoms with Crippen LogP contribution in [0, 0.1) is 29.6 Å². The summed E-state index contributed by atoms with van der Waals surface area (Å²) >= 11 is 0. The van der Waals surface area contributed by atoms with Crippen molar-refractivity contribution in [3.8, 4) is 23.7 Å². The number of hydroxylamine groups is 1. The normalized spacial score (nSPS) is 15.8. The first-order chi connectivity index (χ1) is 13.8. The summed E-state index contributed by atoms with van der Waals surface area (Å²) in [7, 11) is 0. The van der Waals surface area contributed by atoms with E-state index in [0.717, 1.165) is 0 Å². The molecular formula is C20H21F2N3O4. The first kappa shape index (κ1) is 22.3. The third kappa shape index (κ3) is 6.84. The first-order valence-electron chi connectivity index (χ1n) is 8.85. The molecule has 1 aliphatic rings. The zero-order chi connectivity index (χ0) is 21.4. The fraction of sp³-hybridized carbons (Fsp3) is 0.400. The van der Waals surface area contributed by atoms with Gasteiger partial charge in [0.25, 0.3) is 18.2 Å². The van der Waals surface area contributed by atoms with Gasteiger partial charge >= 0.3 is 0 Å². The van der Waals surface area contributed by atoms with E-state index in [0.29, 0.717) is 18.7 Å². The van der Waals surface area contributed by atoms with Crippen LogP contribution in [0.1, 0.15) is 22.8 Å². The lowest BCUT2D eigenvalue weighted by Crippen LogP contribution is -2.51. The molecule has 2 atom stereocenters. The molecule has 0 bridgehead atoms. The number of halogens is 2. The molecule has 1 aromatic rings. The lowest BCUT2D eigenvalue weighted by molar-refractivity contribution is -0.133. The number of likely N-dealkylation sites (tertiary alicyclic amines) is 1. The number of carbonyl (C=O) groups is 2. The number of benzene rings is 1. The number of aliphatic hydroxyl groups excluding tert-OH is 1. The molecule has 0 saturated carbocycles. The molecule has 1 aliphatic heterocycles. The van der Waals surface area contributed by atoms with Gasteiger partial charge in [-0.25, -0.2) is 14.3 Å². The van der Waals surface area contributed by atoms with Crippen molar-refractivity contribution in [2.24, 2.45) is 5.92 Å². The lowest BCUT2D eigenvalue weighted by atomic mass is 10.0. The minimum atomic E-state index is -2.33. The molecule has 0 spiro atoms. The van der Waals surface area contributed by atoms with Crippen molar-refractivity contribution in [3.63, 3.8) is 0 Å². The summed E-state index contributed by atoms with van der Waals surface area (Å²) in [6, 6.07) is 4.89. The van der Waals surface area contributed by atoms with Crippen LogP contribution in [0.4, 0.5) is 8.78 Å². The van der Waals surface area contributed by atoms with Crippen LogP contribution in [0.2, 0.25) is 0 Å². The molecule has 1 unspecified atom stereocenters. The number of hydrogen-bond acceptors (Lipinski definition) is 5. The van der Waals surface area contributed by atoms with Crippen LogP contribution in [0.5, 0.6) is 0 Å². The molecule has 154 valence electrons. The number of alkyl halides is 2. The molecule has 29 heavy (non-hydrogen) atoms. The van der Waals surface area contributed by atoms with Crippen molar-refractivity contribution in [2.45, 2.75) is 25.5 Å². The summed E-state index contributed by atoms with van der Waals surface area (Å²) in [6.07, 6.45) is -3.54. The average molecular weight is 405 g/mol. The van der Waals surface area contributed by atoms with Crippen LogP contribution in [-0.4, -0.2) is 65.2 Å². The van der Waals surface area contributed by atoms with E-state index in [1.54, 1.807) is 17.0 Å². The van der Waals surface area contributed by atoms with E-state index in [1.807, 2.05) is 0 Å². The number of nitrogens with zero attached hydrogens (tertiary/aromatic N) is 1. The summed E-state index contributed by atoms with van der Waals surface area (Å²) in [5.74, 6) is 9.64. The Balaban J connectivity index is 1.88. The fourth-order valence-electron chi connectivity index (χ4n) is 2.65. The molecule has 0 aromatic heterocycles. The van der Waals surface area contributed by atoms with Gasteiger partial charge in [-0.1, -0.05) is 11.8 Å². The van der Waals surface area contributed by atoms with Crippen molar-refractivity contribution in [3.05, 3.63) is 35.4 Å². The van der Waals surface area contributed by atoms with Crippen LogP contribution in [0.3, 0.4) is 0 Å². The van der Waals surface area contributed by atoms with Crippen molar-refractivity contribution in [2.75, 3.05) is 19.6 Å². The maximum atomic E-state index is 12.2. The third-order valence-electron chi connectivity index (χ3n) is 4.21. The van der Waals surface area contributed by atoms with Gasteiger partial charge in [-0.05, 0) is 43.0 Å². The van der Waals surface area contributed by atoms with Crippen LogP contribution in [0.15, 0.2) is 24.3 Å². The fourth-order valence-corrected chi connectivity index (χ4v) is 2.65. The first-order valence-corrected chi connectivity index (χ1v) is 8.85. The minimum Gasteiger partial charge on any atom is -0.391 e. The van der Waals surface area contributed by atoms with Crippen LogP contribution < -0.4 is 10.8 Å². The number of nitrogens with one attached hydrogen (secondary N) is 2. The lowest BCUT2D eigenvalue weighted by Gasteiger charge is -2.35. The molecule has 2 amide bonds. The number of amides is 2. The van der Waals surface area contributed by atoms with E-state index in [1.165, 1.54) is 24.5 Å². The maximum absolute atomic E-state index is 12.2. The Kier molecular flexibility index (Phi) is 8.10. The highest BCUT2D eigenvalue weighted by atomic mass is 19.3. The Bertz CT molecular complexity index is 844. The summed E-state index contributed by atoms with van der Waals surface area (Å²) in [4.78, 5) is 25.3. The SMILES string of the molecule is C[C@@H](O)C(NC(=O)c1ccc(C#CC#CC2CN(CC(F)F)C2)cc1)C(=O)NO. The van der Waals surface area contributed by atoms with Gasteiger partial charge in [0.2, 0.25) is 0 Å². The molecule has 1 fully saturated rings. The van der Waals surface area contributed by atoms with Crippen molar-refractivity contribution >= 4 is 11.8 Å². The topological polar surface area (TPSA) is 102 Å². The summed E-state index contributed by atoms with van der Waals surface area (Å²) < 4.78 is 24.4. The molecule has 1 aromatic carbocycles. The van der Waals surface area contributed by atoms with Gasteiger partial charge in [0, 0.05) is 30.1 Å². The second-order valence-corrected chi connectivity index (χ2v) is 6.57. The van der Waals surface area contributed by atoms with Crippen LogP contribution in [-0.2, 0) is 4.79 Å². The van der Waals surface area contributed by atoms with Crippen molar-refractivity contribution < 1.29 is 28.7 Å². The highest BCUT2D eigenvalue weighted by molar-refractivity contribution is 5.97. The van der Waals surface area contributed by atoms with E-state index < -0.39 is 30.4 Å². The van der Waals surface area contributed by atoms with Gasteiger partial charge < -0.3 is 10.4 Å². The molecule has 1 saturated heterocycles. The molecule has 9 heteroatoms. The summed E-state index contributed by atoms with van der Waals surface area (Å²) in [5.41, 5.74) is 2.24. The molecule has 1 heterocycles. The van der Waals surface area contributed by atoms with E-state index in [4.69, 9.17) is 5.21 Å². The molecule has 2 rings (SSSR count). The zero-order valence-electron chi connectivity index (χ0n) is 15.7. The smallest absolute Gasteiger partial charge is 0.268 e. The zero-order valence-corrected chi connectivity index (χ0v) is 15.7. The second kappa shape index (κ2) is 10.5. The van der Waals surface area contributed by atoms with Gasteiger partial charge in [-0.15, -0.1) is 0 Å². The summed E-state index contributed by atoms with van der Waals surface area (Å²) in [6.45, 7) is 2.11. The van der Waals surface area contributed by atoms with Gasteiger partial charge in [0.05, 0.1) is 12.6 Å². The van der Waals surface area contributed by atoms with Crippen molar-refractivity contribution in [1.82, 2.24) is 15.7 Å². The van der Waals surface area contributed by atoms with Gasteiger partial charge in [-0.3, -0.25) is 19.7 Å². The molecule has 7 nitrogen and oxygen atoms in total. The van der Waals surface area contributed by atoms with E-state index >= 15 is 0 Å². The standard InChI is InChI=1S/C20H21F2N3O4/c1-13(26)18(20(28)24-29)23-19(27)16-8-6-14(7-9-16)4-2-3-5-15-10-25(11-15)12-17(21)22/h6-9,13,15,17-18,26,29H,10-12H2,1H3,(H,23,27)(H,24,28)/t13-,18?/m1/s1. The number of hydrogen-bond donors (Lipinski definition) is 4. The van der Waals surface area contributed by atoms with Crippen molar-refractivity contribution in [1.29, 1.82) is 0 Å². The Hall–Kier alpha value is -2.98. The molecule has 0 aliphatic carbocycles. The Labute approximate surface area is 167 Å². The monoisotopic (exact) mass is 405 g/mol. The summed E-state index contributed by atoms with van der Waals surface area (Å²) in [5, 5.41) is 20.5. The molecule has 4 N–H and O–H groups in total. The van der Waals surface area contributed by atoms with Gasteiger partial charge in [0.15, 0.2) is 0 Å². The van der Waals surface area contributed by atoms with Gasteiger partial charge in [0.1, 0.15) is 6.04 Å². The number of carbonyl (C=O) groups excluding carboxylic acids is 2. The van der Waals surface area contributed by atoms with E-state index in [9.17, 15) is 23.5 Å².